The maximum Gasteiger partial charge on any atom is 0.203 e. The topological polar surface area (TPSA) is 89.5 Å². The molecule has 2 aromatic rings. The highest BCUT2D eigenvalue weighted by atomic mass is 32.2. The Morgan fingerprint density at radius 3 is 1.79 bits per heavy atom. The molecule has 0 unspecified atom stereocenters. The Hall–Kier alpha value is -2.91. The second-order valence-corrected chi connectivity index (χ2v) is 9.56. The highest BCUT2D eigenvalue weighted by molar-refractivity contribution is 7.90. The van der Waals surface area contributed by atoms with E-state index in [0.29, 0.717) is 35.0 Å². The molecule has 33 heavy (non-hydrogen) atoms. The van der Waals surface area contributed by atoms with E-state index in [9.17, 15) is 8.42 Å². The van der Waals surface area contributed by atoms with Crippen LogP contribution in [0.5, 0.6) is 28.7 Å². The molecule has 0 radical (unpaired) electrons. The summed E-state index contributed by atoms with van der Waals surface area (Å²) in [4.78, 5) is 0.0542. The zero-order valence-electron chi connectivity index (χ0n) is 19.5. The van der Waals surface area contributed by atoms with E-state index in [0.717, 1.165) is 18.2 Å². The van der Waals surface area contributed by atoms with Crippen molar-refractivity contribution in [2.24, 2.45) is 0 Å². The summed E-state index contributed by atoms with van der Waals surface area (Å²) in [5.74, 6) is 2.10. The van der Waals surface area contributed by atoms with Gasteiger partial charge in [-0.1, -0.05) is 12.7 Å². The van der Waals surface area contributed by atoms with Gasteiger partial charge in [0.2, 0.25) is 5.75 Å². The van der Waals surface area contributed by atoms with E-state index in [1.807, 2.05) is 12.1 Å². The number of rotatable bonds is 10. The van der Waals surface area contributed by atoms with Crippen LogP contribution in [0.25, 0.3) is 0 Å². The molecule has 9 heteroatoms. The van der Waals surface area contributed by atoms with E-state index < -0.39 is 9.84 Å². The van der Waals surface area contributed by atoms with Gasteiger partial charge < -0.3 is 28.4 Å². The molecular formula is C24H30O8S. The van der Waals surface area contributed by atoms with Gasteiger partial charge in [-0.25, -0.2) is 8.42 Å². The molecule has 180 valence electrons. The van der Waals surface area contributed by atoms with Crippen LogP contribution >= 0.6 is 0 Å². The van der Waals surface area contributed by atoms with Gasteiger partial charge in [-0.05, 0) is 48.2 Å². The molecule has 0 aromatic heterocycles. The van der Waals surface area contributed by atoms with E-state index in [4.69, 9.17) is 28.4 Å². The summed E-state index contributed by atoms with van der Waals surface area (Å²) >= 11 is 0. The second kappa shape index (κ2) is 10.4. The van der Waals surface area contributed by atoms with Gasteiger partial charge in [0.05, 0.1) is 40.6 Å². The number of sulfone groups is 1. The van der Waals surface area contributed by atoms with Crippen LogP contribution in [-0.4, -0.2) is 49.7 Å². The van der Waals surface area contributed by atoms with Crippen molar-refractivity contribution >= 4 is 9.84 Å². The summed E-state index contributed by atoms with van der Waals surface area (Å²) in [6.07, 6.45) is 3.56. The molecule has 0 bridgehead atoms. The third-order valence-corrected chi connectivity index (χ3v) is 6.56. The first-order valence-corrected chi connectivity index (χ1v) is 12.3. The Morgan fingerprint density at radius 1 is 0.879 bits per heavy atom. The Morgan fingerprint density at radius 2 is 1.36 bits per heavy atom. The van der Waals surface area contributed by atoms with E-state index in [2.05, 4.69) is 6.58 Å². The van der Waals surface area contributed by atoms with Crippen LogP contribution < -0.4 is 23.7 Å². The quantitative estimate of drug-likeness (QED) is 0.468. The summed E-state index contributed by atoms with van der Waals surface area (Å²) in [6, 6.07) is 7.08. The number of hydrogen-bond acceptors (Lipinski definition) is 8. The van der Waals surface area contributed by atoms with Crippen molar-refractivity contribution in [3.05, 3.63) is 48.0 Å². The van der Waals surface area contributed by atoms with E-state index in [1.54, 1.807) is 39.5 Å². The minimum Gasteiger partial charge on any atom is -0.493 e. The minimum atomic E-state index is -3.58. The Balaban J connectivity index is 1.96. The lowest BCUT2D eigenvalue weighted by atomic mass is 10.0. The largest absolute Gasteiger partial charge is 0.493 e. The molecule has 1 aliphatic rings. The number of ether oxygens (including phenoxy) is 6. The summed E-state index contributed by atoms with van der Waals surface area (Å²) in [5, 5.41) is 0. The van der Waals surface area contributed by atoms with Crippen LogP contribution in [0.1, 0.15) is 36.2 Å². The van der Waals surface area contributed by atoms with Crippen LogP contribution in [0.3, 0.4) is 0 Å². The maximum absolute atomic E-state index is 12.5. The fourth-order valence-corrected chi connectivity index (χ4v) is 4.76. The molecule has 1 heterocycles. The van der Waals surface area contributed by atoms with Crippen LogP contribution in [0.2, 0.25) is 0 Å². The van der Waals surface area contributed by atoms with Gasteiger partial charge in [0, 0.05) is 6.26 Å². The normalized spacial score (nSPS) is 18.0. The average molecular weight is 479 g/mol. The van der Waals surface area contributed by atoms with Crippen LogP contribution in [0, 0.1) is 0 Å². The Bertz CT molecular complexity index is 1080. The SMILES string of the molecule is C=CCOc1c(OC)cc([C@H]2CC[C@H](c3cc(OC)c(OC)c(OC)c3)O2)cc1S(C)(=O)=O. The second-order valence-electron chi connectivity index (χ2n) is 7.57. The monoisotopic (exact) mass is 478 g/mol. The average Bonchev–Trinajstić information content (AvgIpc) is 3.30. The molecular weight excluding hydrogens is 448 g/mol. The predicted molar refractivity (Wildman–Crippen MR) is 124 cm³/mol. The first-order chi connectivity index (χ1) is 15.8. The third-order valence-electron chi connectivity index (χ3n) is 5.46. The minimum absolute atomic E-state index is 0.0542. The maximum atomic E-state index is 12.5. The standard InChI is InChI=1S/C24H30O8S/c1-7-10-31-24-21(29-4)13-16(14-22(24)33(6,25)26)18-9-8-17(32-18)15-11-19(27-2)23(30-5)20(12-15)28-3/h7,11-14,17-18H,1,8-10H2,2-6H3/t17-,18-/m1/s1. The van der Waals surface area contributed by atoms with Gasteiger partial charge in [-0.3, -0.25) is 0 Å². The van der Waals surface area contributed by atoms with Crippen LogP contribution in [0.4, 0.5) is 0 Å². The van der Waals surface area contributed by atoms with Crippen molar-refractivity contribution in [2.45, 2.75) is 29.9 Å². The lowest BCUT2D eigenvalue weighted by molar-refractivity contribution is 0.0435. The molecule has 1 aliphatic heterocycles. The molecule has 1 fully saturated rings. The van der Waals surface area contributed by atoms with Crippen molar-refractivity contribution < 1.29 is 36.8 Å². The molecule has 2 aromatic carbocycles. The number of methoxy groups -OCH3 is 4. The molecule has 0 amide bonds. The molecule has 0 spiro atoms. The van der Waals surface area contributed by atoms with E-state index >= 15 is 0 Å². The first-order valence-electron chi connectivity index (χ1n) is 10.4. The third kappa shape index (κ3) is 5.20. The molecule has 1 saturated heterocycles. The van der Waals surface area contributed by atoms with Crippen molar-refractivity contribution in [1.29, 1.82) is 0 Å². The van der Waals surface area contributed by atoms with Gasteiger partial charge in [-0.2, -0.15) is 0 Å². The van der Waals surface area contributed by atoms with Crippen molar-refractivity contribution in [2.75, 3.05) is 41.3 Å². The summed E-state index contributed by atoms with van der Waals surface area (Å²) in [5.41, 5.74) is 1.58. The number of hydrogen-bond donors (Lipinski definition) is 0. The highest BCUT2D eigenvalue weighted by Crippen LogP contribution is 2.47. The smallest absolute Gasteiger partial charge is 0.203 e. The molecule has 0 N–H and O–H groups in total. The van der Waals surface area contributed by atoms with Gasteiger partial charge in [-0.15, -0.1) is 0 Å². The van der Waals surface area contributed by atoms with Gasteiger partial charge in [0.15, 0.2) is 32.8 Å². The van der Waals surface area contributed by atoms with E-state index in [1.165, 1.54) is 7.11 Å². The lowest BCUT2D eigenvalue weighted by Crippen LogP contribution is -2.08. The molecule has 0 saturated carbocycles. The van der Waals surface area contributed by atoms with Gasteiger partial charge in [0.1, 0.15) is 11.5 Å². The van der Waals surface area contributed by atoms with Crippen molar-refractivity contribution in [3.63, 3.8) is 0 Å². The summed E-state index contributed by atoms with van der Waals surface area (Å²) in [6.45, 7) is 3.77. The predicted octanol–water partition coefficient (Wildman–Crippen LogP) is 4.28. The summed E-state index contributed by atoms with van der Waals surface area (Å²) in [7, 11) is 2.57. The van der Waals surface area contributed by atoms with Gasteiger partial charge in [0.25, 0.3) is 0 Å². The molecule has 3 rings (SSSR count). The Labute approximate surface area is 194 Å². The Kier molecular flexibility index (Phi) is 7.76. The lowest BCUT2D eigenvalue weighted by Gasteiger charge is -2.20. The zero-order valence-corrected chi connectivity index (χ0v) is 20.4. The van der Waals surface area contributed by atoms with Crippen LogP contribution in [0.15, 0.2) is 41.8 Å². The fraction of sp³-hybridized carbons (Fsp3) is 0.417. The van der Waals surface area contributed by atoms with Gasteiger partial charge >= 0.3 is 0 Å². The van der Waals surface area contributed by atoms with Crippen molar-refractivity contribution in [3.8, 4) is 28.7 Å². The summed E-state index contributed by atoms with van der Waals surface area (Å²) < 4.78 is 58.7. The zero-order chi connectivity index (χ0) is 24.2. The van der Waals surface area contributed by atoms with Crippen LogP contribution in [-0.2, 0) is 14.6 Å². The number of benzene rings is 2. The fourth-order valence-electron chi connectivity index (χ4n) is 3.91. The van der Waals surface area contributed by atoms with E-state index in [-0.39, 0.29) is 29.5 Å². The highest BCUT2D eigenvalue weighted by Gasteiger charge is 2.32. The van der Waals surface area contributed by atoms with Crippen molar-refractivity contribution in [1.82, 2.24) is 0 Å². The molecule has 0 aliphatic carbocycles. The first kappa shape index (κ1) is 24.7. The molecule has 8 nitrogen and oxygen atoms in total. The molecule has 2 atom stereocenters.